The van der Waals surface area contributed by atoms with Crippen molar-refractivity contribution in [3.05, 3.63) is 60.2 Å². The van der Waals surface area contributed by atoms with E-state index in [1.54, 1.807) is 0 Å². The second-order valence-electron chi connectivity index (χ2n) is 7.14. The zero-order valence-corrected chi connectivity index (χ0v) is 15.9. The largest absolute Gasteiger partial charge is 0.325 e. The molecule has 0 spiro atoms. The Balaban J connectivity index is 1.64. The van der Waals surface area contributed by atoms with Crippen LogP contribution in [0.5, 0.6) is 0 Å². The number of carbonyl (C=O) groups excluding carboxylic acids is 1. The first-order valence-corrected chi connectivity index (χ1v) is 10.1. The summed E-state index contributed by atoms with van der Waals surface area (Å²) in [7, 11) is 2.16. The molecule has 0 bridgehead atoms. The van der Waals surface area contributed by atoms with E-state index in [2.05, 4.69) is 52.5 Å². The third-order valence-corrected chi connectivity index (χ3v) is 6.74. The van der Waals surface area contributed by atoms with Crippen LogP contribution in [0.4, 0.5) is 5.69 Å². The Morgan fingerprint density at radius 2 is 1.69 bits per heavy atom. The molecule has 2 heterocycles. The molecule has 2 aromatic rings. The van der Waals surface area contributed by atoms with Gasteiger partial charge in [0.25, 0.3) is 0 Å². The molecule has 0 saturated carbocycles. The molecule has 0 aliphatic carbocycles. The molecule has 0 unspecified atom stereocenters. The van der Waals surface area contributed by atoms with Gasteiger partial charge < -0.3 is 10.2 Å². The summed E-state index contributed by atoms with van der Waals surface area (Å²) in [5.41, 5.74) is 2.16. The second-order valence-corrected chi connectivity index (χ2v) is 8.33. The first kappa shape index (κ1) is 17.6. The number of hydrogen-bond donors (Lipinski definition) is 1. The van der Waals surface area contributed by atoms with Gasteiger partial charge in [0.1, 0.15) is 0 Å². The molecular weight excluding hydrogens is 342 g/mol. The number of nitrogens with zero attached hydrogens (tertiary/aromatic N) is 2. The Kier molecular flexibility index (Phi) is 5.29. The molecule has 2 aromatic carbocycles. The fourth-order valence-electron chi connectivity index (χ4n) is 3.68. The number of benzene rings is 2. The van der Waals surface area contributed by atoms with Crippen molar-refractivity contribution in [3.63, 3.8) is 0 Å². The molecule has 5 heteroatoms. The van der Waals surface area contributed by atoms with E-state index in [1.165, 1.54) is 5.56 Å². The summed E-state index contributed by atoms with van der Waals surface area (Å²) in [6.07, 6.45) is 0. The fraction of sp³-hybridized carbons (Fsp3) is 0.381. The van der Waals surface area contributed by atoms with Crippen LogP contribution in [0.3, 0.4) is 0 Å². The van der Waals surface area contributed by atoms with Crippen LogP contribution in [0.15, 0.2) is 59.5 Å². The van der Waals surface area contributed by atoms with Crippen LogP contribution in [0.1, 0.15) is 10.8 Å². The number of amides is 1. The van der Waals surface area contributed by atoms with Crippen LogP contribution in [0.25, 0.3) is 0 Å². The third-order valence-electron chi connectivity index (χ3n) is 5.28. The lowest BCUT2D eigenvalue weighted by Crippen LogP contribution is -2.48. The molecule has 2 aliphatic rings. The van der Waals surface area contributed by atoms with E-state index >= 15 is 0 Å². The molecule has 2 atom stereocenters. The zero-order valence-electron chi connectivity index (χ0n) is 15.1. The topological polar surface area (TPSA) is 35.6 Å². The maximum absolute atomic E-state index is 13.1. The molecule has 1 saturated heterocycles. The maximum Gasteiger partial charge on any atom is 0.230 e. The number of piperazine rings is 1. The minimum atomic E-state index is -0.0711. The highest BCUT2D eigenvalue weighted by molar-refractivity contribution is 7.99. The maximum atomic E-state index is 13.1. The Morgan fingerprint density at radius 3 is 2.46 bits per heavy atom. The minimum absolute atomic E-state index is 0.0711. The molecule has 4 rings (SSSR count). The first-order chi connectivity index (χ1) is 12.7. The van der Waals surface area contributed by atoms with Crippen LogP contribution in [0, 0.1) is 5.92 Å². The van der Waals surface area contributed by atoms with Gasteiger partial charge in [-0.05, 0) is 24.7 Å². The van der Waals surface area contributed by atoms with Crippen LogP contribution in [-0.2, 0) is 4.79 Å². The first-order valence-electron chi connectivity index (χ1n) is 9.23. The van der Waals surface area contributed by atoms with Gasteiger partial charge in [-0.3, -0.25) is 9.69 Å². The quantitative estimate of drug-likeness (QED) is 0.903. The summed E-state index contributed by atoms with van der Waals surface area (Å²) in [5, 5.41) is 3.30. The van der Waals surface area contributed by atoms with Gasteiger partial charge >= 0.3 is 0 Å². The number of hydrogen-bond acceptors (Lipinski definition) is 4. The van der Waals surface area contributed by atoms with Crippen molar-refractivity contribution in [2.24, 2.45) is 5.92 Å². The van der Waals surface area contributed by atoms with Gasteiger partial charge in [-0.15, -0.1) is 11.8 Å². The molecule has 26 heavy (non-hydrogen) atoms. The number of fused-ring (bicyclic) bond motifs is 1. The number of nitrogens with one attached hydrogen (secondary N) is 1. The summed E-state index contributed by atoms with van der Waals surface area (Å²) in [5.74, 6) is 0.0634. The Labute approximate surface area is 159 Å². The van der Waals surface area contributed by atoms with Gasteiger partial charge in [0.15, 0.2) is 0 Å². The van der Waals surface area contributed by atoms with Crippen molar-refractivity contribution in [1.29, 1.82) is 0 Å². The van der Waals surface area contributed by atoms with Crippen molar-refractivity contribution >= 4 is 23.4 Å². The number of carbonyl (C=O) groups is 1. The van der Waals surface area contributed by atoms with E-state index in [0.717, 1.165) is 43.3 Å². The molecule has 0 radical (unpaired) electrons. The smallest absolute Gasteiger partial charge is 0.230 e. The lowest BCUT2D eigenvalue weighted by atomic mass is 9.96. The zero-order chi connectivity index (χ0) is 17.9. The van der Waals surface area contributed by atoms with Crippen molar-refractivity contribution in [2.75, 3.05) is 45.1 Å². The predicted molar refractivity (Wildman–Crippen MR) is 108 cm³/mol. The number of thioether (sulfide) groups is 1. The Bertz CT molecular complexity index is 759. The highest BCUT2D eigenvalue weighted by Gasteiger charge is 2.35. The number of anilines is 1. The summed E-state index contributed by atoms with van der Waals surface area (Å²) in [6, 6.07) is 18.6. The summed E-state index contributed by atoms with van der Waals surface area (Å²) >= 11 is 1.81. The SMILES string of the molecule is CN1CCN(C[C@@H]2C(=O)Nc3ccccc3S[C@@H]2c2ccccc2)CC1. The normalized spacial score (nSPS) is 24.6. The van der Waals surface area contributed by atoms with Crippen LogP contribution in [-0.4, -0.2) is 55.5 Å². The van der Waals surface area contributed by atoms with Gasteiger partial charge in [0.2, 0.25) is 5.91 Å². The molecule has 1 fully saturated rings. The van der Waals surface area contributed by atoms with Gasteiger partial charge in [0, 0.05) is 42.9 Å². The van der Waals surface area contributed by atoms with E-state index in [9.17, 15) is 4.79 Å². The van der Waals surface area contributed by atoms with Crippen LogP contribution in [0.2, 0.25) is 0 Å². The van der Waals surface area contributed by atoms with Gasteiger partial charge in [0.05, 0.1) is 11.6 Å². The lowest BCUT2D eigenvalue weighted by molar-refractivity contribution is -0.120. The van der Waals surface area contributed by atoms with Crippen LogP contribution < -0.4 is 5.32 Å². The number of likely N-dealkylation sites (N-methyl/N-ethyl adjacent to an activating group) is 1. The summed E-state index contributed by atoms with van der Waals surface area (Å²) in [6.45, 7) is 4.99. The highest BCUT2D eigenvalue weighted by Crippen LogP contribution is 2.46. The Hall–Kier alpha value is -1.82. The molecule has 4 nitrogen and oxygen atoms in total. The third kappa shape index (κ3) is 3.80. The standard InChI is InChI=1S/C21H25N3OS/c1-23-11-13-24(14-12-23)15-17-20(16-7-3-2-4-8-16)26-19-10-6-5-9-18(19)22-21(17)25/h2-10,17,20H,11-15H2,1H3,(H,22,25)/t17-,20+/m0/s1. The van der Waals surface area contributed by atoms with Crippen molar-refractivity contribution in [3.8, 4) is 0 Å². The van der Waals surface area contributed by atoms with E-state index in [0.29, 0.717) is 0 Å². The average molecular weight is 368 g/mol. The van der Waals surface area contributed by atoms with Crippen molar-refractivity contribution in [2.45, 2.75) is 10.1 Å². The van der Waals surface area contributed by atoms with Crippen molar-refractivity contribution in [1.82, 2.24) is 9.80 Å². The summed E-state index contributed by atoms with van der Waals surface area (Å²) < 4.78 is 0. The molecule has 1 amide bonds. The summed E-state index contributed by atoms with van der Waals surface area (Å²) in [4.78, 5) is 19.1. The van der Waals surface area contributed by atoms with E-state index < -0.39 is 0 Å². The van der Waals surface area contributed by atoms with Crippen LogP contribution >= 0.6 is 11.8 Å². The van der Waals surface area contributed by atoms with Gasteiger partial charge in [-0.1, -0.05) is 42.5 Å². The average Bonchev–Trinajstić information content (AvgIpc) is 2.81. The predicted octanol–water partition coefficient (Wildman–Crippen LogP) is 3.34. The Morgan fingerprint density at radius 1 is 1.00 bits per heavy atom. The molecule has 0 aromatic heterocycles. The van der Waals surface area contributed by atoms with Crippen molar-refractivity contribution < 1.29 is 4.79 Å². The molecule has 1 N–H and O–H groups in total. The highest BCUT2D eigenvalue weighted by atomic mass is 32.2. The molecule has 2 aliphatic heterocycles. The van der Waals surface area contributed by atoms with E-state index in [1.807, 2.05) is 36.0 Å². The van der Waals surface area contributed by atoms with E-state index in [4.69, 9.17) is 0 Å². The lowest BCUT2D eigenvalue weighted by Gasteiger charge is -2.35. The van der Waals surface area contributed by atoms with Gasteiger partial charge in [-0.2, -0.15) is 0 Å². The second kappa shape index (κ2) is 7.82. The van der Waals surface area contributed by atoms with E-state index in [-0.39, 0.29) is 17.1 Å². The number of para-hydroxylation sites is 1. The monoisotopic (exact) mass is 367 g/mol. The van der Waals surface area contributed by atoms with Gasteiger partial charge in [-0.25, -0.2) is 0 Å². The minimum Gasteiger partial charge on any atom is -0.325 e. The molecule has 136 valence electrons. The molecular formula is C21H25N3OS. The fourth-order valence-corrected chi connectivity index (χ4v) is 5.03. The number of rotatable bonds is 3.